The predicted octanol–water partition coefficient (Wildman–Crippen LogP) is -1.19. The molecule has 0 saturated carbocycles. The Morgan fingerprint density at radius 1 is 1.62 bits per heavy atom. The summed E-state index contributed by atoms with van der Waals surface area (Å²) in [5.74, 6) is -1.39. The van der Waals surface area contributed by atoms with Crippen LogP contribution in [0.3, 0.4) is 0 Å². The van der Waals surface area contributed by atoms with E-state index >= 15 is 0 Å². The SMILES string of the molecule is CN1CCC(CN(C)C(=O)C(N)C(=O)O)C1. The minimum atomic E-state index is -1.44. The lowest BCUT2D eigenvalue weighted by atomic mass is 10.1. The molecule has 0 bridgehead atoms. The third-order valence-corrected chi connectivity index (χ3v) is 2.93. The number of aliphatic carboxylic acids is 1. The first-order chi connectivity index (χ1) is 7.41. The van der Waals surface area contributed by atoms with Crippen LogP contribution in [0.25, 0.3) is 0 Å². The first-order valence-corrected chi connectivity index (χ1v) is 5.33. The molecule has 0 spiro atoms. The number of nitrogens with two attached hydrogens (primary N) is 1. The van der Waals surface area contributed by atoms with Crippen LogP contribution in [0.4, 0.5) is 0 Å². The van der Waals surface area contributed by atoms with Gasteiger partial charge in [-0.25, -0.2) is 4.79 Å². The highest BCUT2D eigenvalue weighted by molar-refractivity contribution is 6.00. The third kappa shape index (κ3) is 3.18. The zero-order chi connectivity index (χ0) is 12.3. The van der Waals surface area contributed by atoms with Gasteiger partial charge in [-0.2, -0.15) is 0 Å². The van der Waals surface area contributed by atoms with Crippen molar-refractivity contribution in [1.82, 2.24) is 9.80 Å². The zero-order valence-corrected chi connectivity index (χ0v) is 9.72. The van der Waals surface area contributed by atoms with Crippen LogP contribution in [0.1, 0.15) is 6.42 Å². The van der Waals surface area contributed by atoms with Crippen LogP contribution in [-0.2, 0) is 9.59 Å². The summed E-state index contributed by atoms with van der Waals surface area (Å²) in [5.41, 5.74) is 5.26. The molecule has 6 heteroatoms. The molecule has 16 heavy (non-hydrogen) atoms. The highest BCUT2D eigenvalue weighted by atomic mass is 16.4. The smallest absolute Gasteiger partial charge is 0.330 e. The molecule has 1 amide bonds. The van der Waals surface area contributed by atoms with Crippen molar-refractivity contribution in [3.8, 4) is 0 Å². The van der Waals surface area contributed by atoms with Crippen LogP contribution in [0.2, 0.25) is 0 Å². The summed E-state index contributed by atoms with van der Waals surface area (Å²) in [6.45, 7) is 2.54. The number of carbonyl (C=O) groups excluding carboxylic acids is 1. The lowest BCUT2D eigenvalue weighted by molar-refractivity contribution is -0.146. The molecule has 1 rings (SSSR count). The number of nitrogens with zero attached hydrogens (tertiary/aromatic N) is 2. The third-order valence-electron chi connectivity index (χ3n) is 2.93. The van der Waals surface area contributed by atoms with Gasteiger partial charge in [-0.3, -0.25) is 4.79 Å². The van der Waals surface area contributed by atoms with Gasteiger partial charge in [0, 0.05) is 20.1 Å². The standard InChI is InChI=1S/C10H19N3O3/c1-12-4-3-7(5-12)6-13(2)9(14)8(11)10(15)16/h7-8H,3-6,11H2,1-2H3,(H,15,16). The Morgan fingerprint density at radius 3 is 2.69 bits per heavy atom. The number of hydrogen-bond acceptors (Lipinski definition) is 4. The Labute approximate surface area is 95.0 Å². The summed E-state index contributed by atoms with van der Waals surface area (Å²) in [4.78, 5) is 25.7. The van der Waals surface area contributed by atoms with Gasteiger partial charge >= 0.3 is 5.97 Å². The molecule has 1 heterocycles. The average molecular weight is 229 g/mol. The number of hydrogen-bond donors (Lipinski definition) is 2. The van der Waals surface area contributed by atoms with Gasteiger partial charge in [-0.15, -0.1) is 0 Å². The van der Waals surface area contributed by atoms with Crippen molar-refractivity contribution in [3.05, 3.63) is 0 Å². The van der Waals surface area contributed by atoms with Crippen molar-refractivity contribution < 1.29 is 14.7 Å². The number of carbonyl (C=O) groups is 2. The summed E-state index contributed by atoms with van der Waals surface area (Å²) in [5, 5.41) is 8.62. The van der Waals surface area contributed by atoms with Gasteiger partial charge in [0.25, 0.3) is 5.91 Å². The molecule has 1 saturated heterocycles. The second-order valence-corrected chi connectivity index (χ2v) is 4.45. The van der Waals surface area contributed by atoms with E-state index in [0.29, 0.717) is 12.5 Å². The molecule has 0 aromatic rings. The molecule has 1 fully saturated rings. The first kappa shape index (κ1) is 12.9. The molecule has 2 unspecified atom stereocenters. The maximum atomic E-state index is 11.6. The highest BCUT2D eigenvalue weighted by Gasteiger charge is 2.28. The molecule has 0 aromatic carbocycles. The number of carboxylic acid groups (broad SMARTS) is 1. The fraction of sp³-hybridized carbons (Fsp3) is 0.800. The molecule has 0 radical (unpaired) electrons. The van der Waals surface area contributed by atoms with Crippen molar-refractivity contribution in [2.75, 3.05) is 33.7 Å². The fourth-order valence-electron chi connectivity index (χ4n) is 2.00. The summed E-state index contributed by atoms with van der Waals surface area (Å²) < 4.78 is 0. The maximum absolute atomic E-state index is 11.6. The largest absolute Gasteiger partial charge is 0.480 e. The first-order valence-electron chi connectivity index (χ1n) is 5.33. The lowest BCUT2D eigenvalue weighted by Crippen LogP contribution is -2.48. The summed E-state index contributed by atoms with van der Waals surface area (Å²) in [6, 6.07) is -1.44. The van der Waals surface area contributed by atoms with Gasteiger partial charge in [-0.05, 0) is 25.9 Å². The molecular weight excluding hydrogens is 210 g/mol. The van der Waals surface area contributed by atoms with Crippen LogP contribution >= 0.6 is 0 Å². The number of likely N-dealkylation sites (tertiary alicyclic amines) is 1. The molecule has 3 N–H and O–H groups in total. The monoisotopic (exact) mass is 229 g/mol. The Bertz CT molecular complexity index is 282. The van der Waals surface area contributed by atoms with Gasteiger partial charge < -0.3 is 20.6 Å². The maximum Gasteiger partial charge on any atom is 0.330 e. The molecule has 2 atom stereocenters. The second-order valence-electron chi connectivity index (χ2n) is 4.45. The normalized spacial score (nSPS) is 23.1. The van der Waals surface area contributed by atoms with E-state index in [1.807, 2.05) is 7.05 Å². The van der Waals surface area contributed by atoms with Gasteiger partial charge in [0.15, 0.2) is 6.04 Å². The molecule has 6 nitrogen and oxygen atoms in total. The van der Waals surface area contributed by atoms with E-state index in [0.717, 1.165) is 19.5 Å². The van der Waals surface area contributed by atoms with E-state index in [1.165, 1.54) is 4.90 Å². The van der Waals surface area contributed by atoms with E-state index in [9.17, 15) is 9.59 Å². The van der Waals surface area contributed by atoms with Crippen LogP contribution < -0.4 is 5.73 Å². The van der Waals surface area contributed by atoms with Crippen molar-refractivity contribution in [3.63, 3.8) is 0 Å². The minimum Gasteiger partial charge on any atom is -0.480 e. The number of amides is 1. The molecule has 92 valence electrons. The second kappa shape index (κ2) is 5.27. The fourth-order valence-corrected chi connectivity index (χ4v) is 2.00. The number of carboxylic acids is 1. The van der Waals surface area contributed by atoms with E-state index < -0.39 is 17.9 Å². The van der Waals surface area contributed by atoms with Crippen LogP contribution in [0, 0.1) is 5.92 Å². The molecule has 1 aliphatic rings. The predicted molar refractivity (Wildman–Crippen MR) is 58.9 cm³/mol. The quantitative estimate of drug-likeness (QED) is 0.592. The van der Waals surface area contributed by atoms with Crippen LogP contribution in [0.15, 0.2) is 0 Å². The summed E-state index contributed by atoms with van der Waals surface area (Å²) in [7, 11) is 3.63. The van der Waals surface area contributed by atoms with Crippen molar-refractivity contribution in [2.24, 2.45) is 11.7 Å². The van der Waals surface area contributed by atoms with E-state index in [4.69, 9.17) is 10.8 Å². The van der Waals surface area contributed by atoms with Crippen molar-refractivity contribution >= 4 is 11.9 Å². The molecule has 0 aromatic heterocycles. The van der Waals surface area contributed by atoms with Crippen LogP contribution in [-0.4, -0.2) is 66.6 Å². The Morgan fingerprint density at radius 2 is 2.25 bits per heavy atom. The van der Waals surface area contributed by atoms with E-state index in [-0.39, 0.29) is 0 Å². The molecule has 1 aliphatic heterocycles. The number of rotatable bonds is 4. The Kier molecular flexibility index (Phi) is 4.26. The lowest BCUT2D eigenvalue weighted by Gasteiger charge is -2.22. The highest BCUT2D eigenvalue weighted by Crippen LogP contribution is 2.15. The van der Waals surface area contributed by atoms with Crippen LogP contribution in [0.5, 0.6) is 0 Å². The summed E-state index contributed by atoms with van der Waals surface area (Å²) in [6.07, 6.45) is 1.04. The van der Waals surface area contributed by atoms with Crippen molar-refractivity contribution in [1.29, 1.82) is 0 Å². The van der Waals surface area contributed by atoms with Gasteiger partial charge in [0.2, 0.25) is 0 Å². The van der Waals surface area contributed by atoms with E-state index in [1.54, 1.807) is 7.05 Å². The Balaban J connectivity index is 2.42. The van der Waals surface area contributed by atoms with Gasteiger partial charge in [0.05, 0.1) is 0 Å². The van der Waals surface area contributed by atoms with Gasteiger partial charge in [0.1, 0.15) is 0 Å². The summed E-state index contributed by atoms with van der Waals surface area (Å²) >= 11 is 0. The van der Waals surface area contributed by atoms with Crippen molar-refractivity contribution in [2.45, 2.75) is 12.5 Å². The molecular formula is C10H19N3O3. The van der Waals surface area contributed by atoms with E-state index in [2.05, 4.69) is 4.90 Å². The minimum absolute atomic E-state index is 0.417. The topological polar surface area (TPSA) is 86.9 Å². The number of likely N-dealkylation sites (N-methyl/N-ethyl adjacent to an activating group) is 1. The van der Waals surface area contributed by atoms with Gasteiger partial charge in [-0.1, -0.05) is 0 Å². The zero-order valence-electron chi connectivity index (χ0n) is 9.72. The molecule has 0 aliphatic carbocycles. The average Bonchev–Trinajstić information content (AvgIpc) is 2.61. The Hall–Kier alpha value is -1.14.